The molecule has 0 radical (unpaired) electrons. The number of hydrogen-bond acceptors (Lipinski definition) is 6. The third-order valence-electron chi connectivity index (χ3n) is 4.24. The normalized spacial score (nSPS) is 10.6. The fraction of sp³-hybridized carbons (Fsp3) is 0.190. The van der Waals surface area contributed by atoms with Crippen LogP contribution in [0, 0.1) is 6.92 Å². The van der Waals surface area contributed by atoms with Crippen molar-refractivity contribution in [2.45, 2.75) is 13.5 Å². The predicted octanol–water partition coefficient (Wildman–Crippen LogP) is 3.24. The van der Waals surface area contributed by atoms with Crippen LogP contribution in [0.15, 0.2) is 51.7 Å². The molecule has 29 heavy (non-hydrogen) atoms. The quantitative estimate of drug-likeness (QED) is 0.490. The van der Waals surface area contributed by atoms with Crippen molar-refractivity contribution in [1.29, 1.82) is 0 Å². The summed E-state index contributed by atoms with van der Waals surface area (Å²) in [5.41, 5.74) is 1.41. The van der Waals surface area contributed by atoms with Crippen LogP contribution in [0.25, 0.3) is 11.0 Å². The number of fused-ring (bicyclic) bond motifs is 1. The van der Waals surface area contributed by atoms with Crippen molar-refractivity contribution >= 4 is 34.4 Å². The topological polar surface area (TPSA) is 94.8 Å². The van der Waals surface area contributed by atoms with Gasteiger partial charge < -0.3 is 19.2 Å². The van der Waals surface area contributed by atoms with E-state index in [1.54, 1.807) is 43.3 Å². The van der Waals surface area contributed by atoms with E-state index in [0.29, 0.717) is 32.9 Å². The summed E-state index contributed by atoms with van der Waals surface area (Å²) in [5, 5.41) is 3.57. The van der Waals surface area contributed by atoms with Crippen molar-refractivity contribution in [1.82, 2.24) is 5.32 Å². The number of halogens is 1. The number of amides is 1. The van der Waals surface area contributed by atoms with Crippen LogP contribution in [0.1, 0.15) is 21.5 Å². The second kappa shape index (κ2) is 8.79. The summed E-state index contributed by atoms with van der Waals surface area (Å²) in [6, 6.07) is 11.0. The van der Waals surface area contributed by atoms with Gasteiger partial charge in [0.1, 0.15) is 24.5 Å². The Morgan fingerprint density at radius 1 is 1.14 bits per heavy atom. The van der Waals surface area contributed by atoms with Gasteiger partial charge in [-0.1, -0.05) is 11.6 Å². The first-order valence-electron chi connectivity index (χ1n) is 8.68. The maximum Gasteiger partial charge on any atom is 0.336 e. The van der Waals surface area contributed by atoms with Gasteiger partial charge in [0.15, 0.2) is 0 Å². The molecular formula is C21H18ClNO6. The highest BCUT2D eigenvalue weighted by Gasteiger charge is 2.12. The van der Waals surface area contributed by atoms with Crippen molar-refractivity contribution in [3.05, 3.63) is 74.6 Å². The van der Waals surface area contributed by atoms with Crippen molar-refractivity contribution in [2.24, 2.45) is 0 Å². The highest BCUT2D eigenvalue weighted by Crippen LogP contribution is 2.25. The number of aryl methyl sites for hydroxylation is 1. The Balaban J connectivity index is 1.62. The molecule has 0 aliphatic heterocycles. The first kappa shape index (κ1) is 20.4. The summed E-state index contributed by atoms with van der Waals surface area (Å²) < 4.78 is 15.4. The third-order valence-corrected chi connectivity index (χ3v) is 4.65. The Kier molecular flexibility index (Phi) is 6.19. The average molecular weight is 416 g/mol. The van der Waals surface area contributed by atoms with Crippen molar-refractivity contribution < 1.29 is 23.5 Å². The molecule has 0 saturated carbocycles. The van der Waals surface area contributed by atoms with Crippen molar-refractivity contribution in [2.75, 3.05) is 13.7 Å². The first-order chi connectivity index (χ1) is 13.9. The molecule has 0 saturated heterocycles. The summed E-state index contributed by atoms with van der Waals surface area (Å²) in [7, 11) is 1.53. The number of esters is 1. The lowest BCUT2D eigenvalue weighted by Gasteiger charge is -2.09. The molecule has 1 aromatic heterocycles. The fourth-order valence-electron chi connectivity index (χ4n) is 2.67. The molecule has 1 heterocycles. The number of methoxy groups -OCH3 is 1. The molecule has 2 aromatic carbocycles. The molecule has 150 valence electrons. The smallest absolute Gasteiger partial charge is 0.336 e. The Hall–Kier alpha value is -3.32. The van der Waals surface area contributed by atoms with E-state index in [4.69, 9.17) is 25.5 Å². The maximum absolute atomic E-state index is 12.1. The van der Waals surface area contributed by atoms with Crippen LogP contribution in [0.4, 0.5) is 0 Å². The zero-order chi connectivity index (χ0) is 21.0. The van der Waals surface area contributed by atoms with Gasteiger partial charge in [0, 0.05) is 27.6 Å². The summed E-state index contributed by atoms with van der Waals surface area (Å²) in [5.74, 6) is -0.444. The minimum atomic E-state index is -0.647. The molecule has 1 amide bonds. The molecule has 1 N–H and O–H groups in total. The zero-order valence-electron chi connectivity index (χ0n) is 15.8. The number of benzene rings is 2. The Labute approximate surface area is 171 Å². The summed E-state index contributed by atoms with van der Waals surface area (Å²) in [6.07, 6.45) is 0. The zero-order valence-corrected chi connectivity index (χ0v) is 16.5. The molecule has 0 unspecified atom stereocenters. The van der Waals surface area contributed by atoms with Gasteiger partial charge in [-0.15, -0.1) is 0 Å². The van der Waals surface area contributed by atoms with Gasteiger partial charge in [-0.05, 0) is 48.9 Å². The van der Waals surface area contributed by atoms with Crippen LogP contribution in [0.5, 0.6) is 5.75 Å². The molecule has 7 nitrogen and oxygen atoms in total. The van der Waals surface area contributed by atoms with Crippen LogP contribution in [-0.4, -0.2) is 25.5 Å². The molecule has 0 fully saturated rings. The molecule has 0 aliphatic carbocycles. The van der Waals surface area contributed by atoms with Gasteiger partial charge in [0.25, 0.3) is 5.91 Å². The van der Waals surface area contributed by atoms with Gasteiger partial charge in [0.05, 0.1) is 7.11 Å². The molecular weight excluding hydrogens is 398 g/mol. The van der Waals surface area contributed by atoms with E-state index in [1.165, 1.54) is 13.2 Å². The number of carbonyl (C=O) groups is 2. The molecule has 8 heteroatoms. The molecule has 3 aromatic rings. The lowest BCUT2D eigenvalue weighted by Crippen LogP contribution is -2.30. The van der Waals surface area contributed by atoms with Gasteiger partial charge in [-0.3, -0.25) is 9.59 Å². The predicted molar refractivity (Wildman–Crippen MR) is 107 cm³/mol. The van der Waals surface area contributed by atoms with E-state index in [-0.39, 0.29) is 13.2 Å². The number of nitrogens with one attached hydrogen (secondary N) is 1. The second-order valence-corrected chi connectivity index (χ2v) is 6.67. The van der Waals surface area contributed by atoms with Crippen LogP contribution >= 0.6 is 11.6 Å². The van der Waals surface area contributed by atoms with Crippen LogP contribution < -0.4 is 15.7 Å². The van der Waals surface area contributed by atoms with Crippen LogP contribution in [0.3, 0.4) is 0 Å². The highest BCUT2D eigenvalue weighted by atomic mass is 35.5. The SMILES string of the molecule is COc1ccc(C(=O)NCC(=O)OCc2cc(=O)oc3cc(C)c(Cl)cc23)cc1. The largest absolute Gasteiger partial charge is 0.497 e. The maximum atomic E-state index is 12.1. The Morgan fingerprint density at radius 3 is 2.55 bits per heavy atom. The molecule has 0 aliphatic rings. The van der Waals surface area contributed by atoms with Gasteiger partial charge >= 0.3 is 11.6 Å². The Morgan fingerprint density at radius 2 is 1.86 bits per heavy atom. The van der Waals surface area contributed by atoms with E-state index in [9.17, 15) is 14.4 Å². The molecule has 0 spiro atoms. The second-order valence-electron chi connectivity index (χ2n) is 6.26. The highest BCUT2D eigenvalue weighted by molar-refractivity contribution is 6.32. The van der Waals surface area contributed by atoms with E-state index >= 15 is 0 Å². The standard InChI is InChI=1S/C21H18ClNO6/c1-12-7-18-16(9-17(12)22)14(8-19(24)29-18)11-28-20(25)10-23-21(26)13-3-5-15(27-2)6-4-13/h3-9H,10-11H2,1-2H3,(H,23,26). The van der Waals surface area contributed by atoms with E-state index in [1.807, 2.05) is 0 Å². The van der Waals surface area contributed by atoms with E-state index in [0.717, 1.165) is 5.56 Å². The monoisotopic (exact) mass is 415 g/mol. The summed E-state index contributed by atoms with van der Waals surface area (Å²) in [6.45, 7) is 1.32. The van der Waals surface area contributed by atoms with Gasteiger partial charge in [0.2, 0.25) is 0 Å². The van der Waals surface area contributed by atoms with E-state index < -0.39 is 17.5 Å². The average Bonchev–Trinajstić information content (AvgIpc) is 2.71. The molecule has 0 atom stereocenters. The number of carbonyl (C=O) groups excluding carboxylic acids is 2. The van der Waals surface area contributed by atoms with Crippen LogP contribution in [0.2, 0.25) is 5.02 Å². The van der Waals surface area contributed by atoms with Gasteiger partial charge in [-0.25, -0.2) is 4.79 Å². The van der Waals surface area contributed by atoms with E-state index in [2.05, 4.69) is 5.32 Å². The number of hydrogen-bond donors (Lipinski definition) is 1. The first-order valence-corrected chi connectivity index (χ1v) is 9.06. The summed E-state index contributed by atoms with van der Waals surface area (Å²) in [4.78, 5) is 35.9. The van der Waals surface area contributed by atoms with Gasteiger partial charge in [-0.2, -0.15) is 0 Å². The lowest BCUT2D eigenvalue weighted by molar-refractivity contribution is -0.143. The minimum absolute atomic E-state index is 0.154. The van der Waals surface area contributed by atoms with Crippen molar-refractivity contribution in [3.8, 4) is 5.75 Å². The summed E-state index contributed by atoms with van der Waals surface area (Å²) >= 11 is 6.14. The number of ether oxygens (including phenoxy) is 2. The number of rotatable bonds is 6. The lowest BCUT2D eigenvalue weighted by atomic mass is 10.1. The minimum Gasteiger partial charge on any atom is -0.497 e. The third kappa shape index (κ3) is 4.94. The van der Waals surface area contributed by atoms with Crippen LogP contribution in [-0.2, 0) is 16.1 Å². The molecule has 0 bridgehead atoms. The Bertz CT molecular complexity index is 1120. The van der Waals surface area contributed by atoms with Crippen molar-refractivity contribution in [3.63, 3.8) is 0 Å². The molecule has 3 rings (SSSR count). The fourth-order valence-corrected chi connectivity index (χ4v) is 2.84.